The number of aliphatic hydroxyl groups is 1. The summed E-state index contributed by atoms with van der Waals surface area (Å²) in [5.41, 5.74) is 1.58. The molecule has 0 radical (unpaired) electrons. The summed E-state index contributed by atoms with van der Waals surface area (Å²) in [6.45, 7) is 5.15. The fourth-order valence-electron chi connectivity index (χ4n) is 6.77. The highest BCUT2D eigenvalue weighted by atomic mass is 32.1. The zero-order valence-electron chi connectivity index (χ0n) is 18.2. The van der Waals surface area contributed by atoms with E-state index in [1.54, 1.807) is 11.3 Å². The van der Waals surface area contributed by atoms with Gasteiger partial charge in [0.15, 0.2) is 0 Å². The van der Waals surface area contributed by atoms with Crippen molar-refractivity contribution in [1.82, 2.24) is 14.8 Å². The minimum atomic E-state index is -0.725. The first-order valence-corrected chi connectivity index (χ1v) is 12.8. The van der Waals surface area contributed by atoms with E-state index >= 15 is 0 Å². The topological polar surface area (TPSA) is 59.8 Å². The van der Waals surface area contributed by atoms with Gasteiger partial charge in [-0.05, 0) is 80.8 Å². The number of aromatic hydroxyl groups is 1. The van der Waals surface area contributed by atoms with E-state index in [0.29, 0.717) is 5.75 Å². The van der Waals surface area contributed by atoms with Crippen LogP contribution < -0.4 is 0 Å². The number of thiazole rings is 1. The molecule has 2 N–H and O–H groups in total. The third kappa shape index (κ3) is 3.34. The monoisotopic (exact) mass is 439 g/mol. The molecule has 2 aliphatic carbocycles. The van der Waals surface area contributed by atoms with Crippen LogP contribution in [0, 0.1) is 5.92 Å². The van der Waals surface area contributed by atoms with Crippen LogP contribution in [0.1, 0.15) is 48.2 Å². The van der Waals surface area contributed by atoms with Crippen molar-refractivity contribution in [3.8, 4) is 5.75 Å². The standard InChI is InChI=1S/C25H33N3O2S/c29-20-4-3-19-15-22-25(30)8-12-27(10-5-23-26-9-14-31-23)11-6-24(25,21(19)16-20)7-13-28(22)17-18-1-2-18/h3-4,9,14,16,18,22,29-30H,1-2,5-8,10-13,15,17H2. The highest BCUT2D eigenvalue weighted by Crippen LogP contribution is 2.56. The van der Waals surface area contributed by atoms with Crippen LogP contribution in [-0.2, 0) is 18.3 Å². The summed E-state index contributed by atoms with van der Waals surface area (Å²) in [5.74, 6) is 1.16. The van der Waals surface area contributed by atoms with E-state index in [4.69, 9.17) is 0 Å². The van der Waals surface area contributed by atoms with Gasteiger partial charge in [-0.1, -0.05) is 6.07 Å². The van der Waals surface area contributed by atoms with E-state index in [9.17, 15) is 10.2 Å². The Hall–Kier alpha value is -1.47. The van der Waals surface area contributed by atoms with Gasteiger partial charge in [0.1, 0.15) is 5.75 Å². The molecule has 2 bridgehead atoms. The number of nitrogens with zero attached hydrogens (tertiary/aromatic N) is 3. The SMILES string of the molecule is Oc1ccc2c(c1)C13CCN(CCc4nccs4)CCC1(O)C(C2)N(CC1CC1)CC3. The molecule has 5 nitrogen and oxygen atoms in total. The summed E-state index contributed by atoms with van der Waals surface area (Å²) in [4.78, 5) is 9.61. The Morgan fingerprint density at radius 2 is 1.97 bits per heavy atom. The van der Waals surface area contributed by atoms with Crippen LogP contribution in [0.25, 0.3) is 0 Å². The van der Waals surface area contributed by atoms with Crippen LogP contribution in [-0.4, -0.2) is 69.4 Å². The molecule has 3 heterocycles. The molecule has 3 fully saturated rings. The lowest BCUT2D eigenvalue weighted by atomic mass is 9.52. The molecule has 0 amide bonds. The first kappa shape index (κ1) is 20.2. The number of piperidine rings is 1. The van der Waals surface area contributed by atoms with E-state index in [2.05, 4.69) is 26.2 Å². The van der Waals surface area contributed by atoms with Crippen molar-refractivity contribution in [3.63, 3.8) is 0 Å². The maximum atomic E-state index is 12.5. The van der Waals surface area contributed by atoms with Crippen molar-refractivity contribution >= 4 is 11.3 Å². The van der Waals surface area contributed by atoms with Crippen LogP contribution in [0.15, 0.2) is 29.8 Å². The van der Waals surface area contributed by atoms with Crippen molar-refractivity contribution in [2.45, 2.75) is 62.0 Å². The van der Waals surface area contributed by atoms with Crippen molar-refractivity contribution in [2.75, 3.05) is 32.7 Å². The second kappa shape index (κ2) is 7.55. The Bertz CT molecular complexity index is 946. The van der Waals surface area contributed by atoms with Crippen LogP contribution in [0.3, 0.4) is 0 Å². The zero-order chi connectivity index (χ0) is 21.1. The Morgan fingerprint density at radius 1 is 1.13 bits per heavy atom. The Kier molecular flexibility index (Phi) is 4.91. The normalized spacial score (nSPS) is 33.5. The Balaban J connectivity index is 1.33. The second-order valence-electron chi connectivity index (χ2n) is 10.3. The van der Waals surface area contributed by atoms with Gasteiger partial charge in [0.05, 0.1) is 10.6 Å². The highest BCUT2D eigenvalue weighted by Gasteiger charge is 2.63. The minimum absolute atomic E-state index is 0.192. The smallest absolute Gasteiger partial charge is 0.115 e. The minimum Gasteiger partial charge on any atom is -0.508 e. The van der Waals surface area contributed by atoms with Crippen molar-refractivity contribution in [1.29, 1.82) is 0 Å². The number of phenolic OH excluding ortho intramolecular Hbond substituents is 1. The van der Waals surface area contributed by atoms with Crippen molar-refractivity contribution < 1.29 is 10.2 Å². The molecule has 3 unspecified atom stereocenters. The van der Waals surface area contributed by atoms with Gasteiger partial charge >= 0.3 is 0 Å². The number of benzene rings is 1. The van der Waals surface area contributed by atoms with E-state index in [1.165, 1.54) is 29.0 Å². The first-order valence-electron chi connectivity index (χ1n) is 12.0. The third-order valence-electron chi connectivity index (χ3n) is 8.65. The number of aromatic nitrogens is 1. The maximum absolute atomic E-state index is 12.5. The van der Waals surface area contributed by atoms with Crippen molar-refractivity contribution in [3.05, 3.63) is 45.9 Å². The van der Waals surface area contributed by atoms with Gasteiger partial charge in [-0.15, -0.1) is 11.3 Å². The van der Waals surface area contributed by atoms with Gasteiger partial charge in [0.25, 0.3) is 0 Å². The molecule has 1 aromatic heterocycles. The van der Waals surface area contributed by atoms with Gasteiger partial charge in [0.2, 0.25) is 0 Å². The molecule has 4 aliphatic rings. The molecule has 31 heavy (non-hydrogen) atoms. The lowest BCUT2D eigenvalue weighted by Gasteiger charge is -2.61. The molecule has 1 aromatic carbocycles. The van der Waals surface area contributed by atoms with Gasteiger partial charge in [-0.3, -0.25) is 4.90 Å². The van der Waals surface area contributed by atoms with E-state index in [0.717, 1.165) is 70.7 Å². The van der Waals surface area contributed by atoms with Gasteiger partial charge in [-0.2, -0.15) is 0 Å². The van der Waals surface area contributed by atoms with Crippen LogP contribution in [0.5, 0.6) is 5.75 Å². The second-order valence-corrected chi connectivity index (χ2v) is 11.3. The Labute approximate surface area is 188 Å². The number of fused-ring (bicyclic) bond motifs is 1. The average molecular weight is 440 g/mol. The number of phenols is 1. The summed E-state index contributed by atoms with van der Waals surface area (Å²) >= 11 is 1.73. The maximum Gasteiger partial charge on any atom is 0.115 e. The molecule has 166 valence electrons. The summed E-state index contributed by atoms with van der Waals surface area (Å²) in [7, 11) is 0. The lowest BCUT2D eigenvalue weighted by Crippen LogP contribution is -2.71. The molecular weight excluding hydrogens is 406 g/mol. The molecular formula is C25H33N3O2S. The van der Waals surface area contributed by atoms with Crippen molar-refractivity contribution in [2.24, 2.45) is 5.92 Å². The molecule has 0 spiro atoms. The number of rotatable bonds is 5. The number of hydrogen-bond donors (Lipinski definition) is 2. The molecule has 6 heteroatoms. The number of hydrogen-bond acceptors (Lipinski definition) is 6. The Morgan fingerprint density at radius 3 is 2.77 bits per heavy atom. The first-order chi connectivity index (χ1) is 15.1. The predicted octanol–water partition coefficient (Wildman–Crippen LogP) is 3.20. The summed E-state index contributed by atoms with van der Waals surface area (Å²) in [6, 6.07) is 6.11. The highest BCUT2D eigenvalue weighted by molar-refractivity contribution is 7.09. The summed E-state index contributed by atoms with van der Waals surface area (Å²) in [5, 5.41) is 26.1. The van der Waals surface area contributed by atoms with E-state index < -0.39 is 5.60 Å². The van der Waals surface area contributed by atoms with Gasteiger partial charge in [0, 0.05) is 49.1 Å². The molecule has 1 saturated carbocycles. The molecule has 2 aliphatic heterocycles. The van der Waals surface area contributed by atoms with Gasteiger partial charge in [-0.25, -0.2) is 4.98 Å². The largest absolute Gasteiger partial charge is 0.508 e. The fraction of sp³-hybridized carbons (Fsp3) is 0.640. The predicted molar refractivity (Wildman–Crippen MR) is 123 cm³/mol. The third-order valence-corrected chi connectivity index (χ3v) is 9.49. The van der Waals surface area contributed by atoms with Crippen LogP contribution in [0.2, 0.25) is 0 Å². The lowest BCUT2D eigenvalue weighted by molar-refractivity contribution is -0.149. The number of likely N-dealkylation sites (tertiary alicyclic amines) is 2. The quantitative estimate of drug-likeness (QED) is 0.749. The van der Waals surface area contributed by atoms with Crippen LogP contribution in [0.4, 0.5) is 0 Å². The van der Waals surface area contributed by atoms with Crippen LogP contribution >= 0.6 is 11.3 Å². The molecule has 2 saturated heterocycles. The summed E-state index contributed by atoms with van der Waals surface area (Å²) < 4.78 is 0. The van der Waals surface area contributed by atoms with E-state index in [1.807, 2.05) is 18.3 Å². The molecule has 2 aromatic rings. The van der Waals surface area contributed by atoms with E-state index in [-0.39, 0.29) is 11.5 Å². The molecule has 3 atom stereocenters. The zero-order valence-corrected chi connectivity index (χ0v) is 19.0. The fourth-order valence-corrected chi connectivity index (χ4v) is 7.38. The van der Waals surface area contributed by atoms with Gasteiger partial charge < -0.3 is 15.1 Å². The molecule has 6 rings (SSSR count). The summed E-state index contributed by atoms with van der Waals surface area (Å²) in [6.07, 6.45) is 9.24. The average Bonchev–Trinajstić information content (AvgIpc) is 3.46.